The highest BCUT2D eigenvalue weighted by molar-refractivity contribution is 6.02. The lowest BCUT2D eigenvalue weighted by Crippen LogP contribution is -3.12. The second kappa shape index (κ2) is 8.60. The van der Waals surface area contributed by atoms with Crippen LogP contribution < -0.4 is 25.2 Å². The number of anilines is 3. The molecule has 1 fully saturated rings. The molecule has 0 aromatic heterocycles. The number of amides is 2. The lowest BCUT2D eigenvalue weighted by Gasteiger charge is -2.33. The number of hydrogen-bond acceptors (Lipinski definition) is 3. The van der Waals surface area contributed by atoms with Crippen molar-refractivity contribution in [1.82, 2.24) is 0 Å². The molecule has 0 aliphatic carbocycles. The Morgan fingerprint density at radius 2 is 1.83 bits per heavy atom. The topological polar surface area (TPSA) is 58.0 Å². The van der Waals surface area contributed by atoms with Crippen molar-refractivity contribution in [2.24, 2.45) is 0 Å². The van der Waals surface area contributed by atoms with E-state index < -0.39 is 17.8 Å². The number of methoxy groups -OCH3 is 1. The van der Waals surface area contributed by atoms with Crippen LogP contribution in [0.25, 0.3) is 0 Å². The minimum Gasteiger partial charge on any atom is -0.497 e. The third kappa shape index (κ3) is 5.32. The van der Waals surface area contributed by atoms with E-state index in [-0.39, 0.29) is 5.69 Å². The highest BCUT2D eigenvalue weighted by Gasteiger charge is 2.32. The number of likely N-dealkylation sites (N-methyl/N-ethyl adjacent to an activating group) is 1. The summed E-state index contributed by atoms with van der Waals surface area (Å²) in [5.41, 5.74) is 0.363. The smallest absolute Gasteiger partial charge is 0.416 e. The number of rotatable bonds is 4. The normalized spacial score (nSPS) is 15.1. The van der Waals surface area contributed by atoms with Gasteiger partial charge in [-0.1, -0.05) is 6.07 Å². The summed E-state index contributed by atoms with van der Waals surface area (Å²) in [6.45, 7) is 3.14. The van der Waals surface area contributed by atoms with E-state index in [1.54, 1.807) is 24.3 Å². The monoisotopic (exact) mass is 409 g/mol. The summed E-state index contributed by atoms with van der Waals surface area (Å²) in [6, 6.07) is 9.54. The first kappa shape index (κ1) is 20.8. The zero-order valence-electron chi connectivity index (χ0n) is 16.3. The van der Waals surface area contributed by atoms with Crippen LogP contribution in [0, 0.1) is 0 Å². The number of alkyl halides is 3. The number of piperazine rings is 1. The average Bonchev–Trinajstić information content (AvgIpc) is 2.68. The van der Waals surface area contributed by atoms with Gasteiger partial charge < -0.3 is 25.2 Å². The third-order valence-electron chi connectivity index (χ3n) is 4.86. The Balaban J connectivity index is 1.83. The molecule has 2 aromatic rings. The molecule has 2 amide bonds. The van der Waals surface area contributed by atoms with Gasteiger partial charge in [0.25, 0.3) is 0 Å². The summed E-state index contributed by atoms with van der Waals surface area (Å²) >= 11 is 0. The Hall–Kier alpha value is -2.94. The zero-order chi connectivity index (χ0) is 21.0. The molecule has 1 saturated heterocycles. The number of urea groups is 1. The molecule has 1 aliphatic heterocycles. The van der Waals surface area contributed by atoms with Crippen LogP contribution in [0.1, 0.15) is 5.56 Å². The molecular weight excluding hydrogens is 385 g/mol. The van der Waals surface area contributed by atoms with E-state index >= 15 is 0 Å². The van der Waals surface area contributed by atoms with Crippen LogP contribution in [-0.4, -0.2) is 46.4 Å². The number of carbonyl (C=O) groups is 1. The molecule has 0 radical (unpaired) electrons. The van der Waals surface area contributed by atoms with E-state index in [9.17, 15) is 18.0 Å². The number of nitrogens with zero attached hydrogens (tertiary/aromatic N) is 1. The van der Waals surface area contributed by atoms with Crippen molar-refractivity contribution in [1.29, 1.82) is 0 Å². The van der Waals surface area contributed by atoms with Gasteiger partial charge in [-0.05, 0) is 30.3 Å². The molecule has 0 spiro atoms. The number of ether oxygens (including phenoxy) is 1. The summed E-state index contributed by atoms with van der Waals surface area (Å²) < 4.78 is 44.7. The molecule has 156 valence electrons. The lowest BCUT2D eigenvalue weighted by molar-refractivity contribution is -0.880. The van der Waals surface area contributed by atoms with E-state index in [1.165, 1.54) is 18.1 Å². The van der Waals surface area contributed by atoms with E-state index in [4.69, 9.17) is 4.74 Å². The van der Waals surface area contributed by atoms with Crippen molar-refractivity contribution in [2.45, 2.75) is 6.18 Å². The van der Waals surface area contributed by atoms with Crippen molar-refractivity contribution >= 4 is 23.1 Å². The Morgan fingerprint density at radius 1 is 1.10 bits per heavy atom. The van der Waals surface area contributed by atoms with Crippen molar-refractivity contribution in [3.63, 3.8) is 0 Å². The molecule has 0 atom stereocenters. The minimum absolute atomic E-state index is 0.125. The Labute approximate surface area is 167 Å². The summed E-state index contributed by atoms with van der Waals surface area (Å²) in [4.78, 5) is 15.8. The molecular formula is C20H24F3N4O2+. The fourth-order valence-corrected chi connectivity index (χ4v) is 3.20. The van der Waals surface area contributed by atoms with Gasteiger partial charge in [-0.15, -0.1) is 0 Å². The van der Waals surface area contributed by atoms with Gasteiger partial charge in [0.1, 0.15) is 5.75 Å². The van der Waals surface area contributed by atoms with E-state index in [1.807, 2.05) is 4.90 Å². The molecule has 3 rings (SSSR count). The maximum Gasteiger partial charge on any atom is 0.416 e. The highest BCUT2D eigenvalue weighted by atomic mass is 19.4. The van der Waals surface area contributed by atoms with Gasteiger partial charge in [-0.3, -0.25) is 0 Å². The number of benzene rings is 2. The van der Waals surface area contributed by atoms with Crippen molar-refractivity contribution in [3.05, 3.63) is 48.0 Å². The molecule has 29 heavy (non-hydrogen) atoms. The van der Waals surface area contributed by atoms with Crippen LogP contribution in [0.15, 0.2) is 42.5 Å². The molecule has 1 heterocycles. The molecule has 3 N–H and O–H groups in total. The SMILES string of the molecule is COc1cccc(NC(=O)Nc2cc(C(F)(F)F)ccc2N2CC[NH+](C)CC2)c1. The second-order valence-electron chi connectivity index (χ2n) is 6.98. The largest absolute Gasteiger partial charge is 0.497 e. The molecule has 0 saturated carbocycles. The van der Waals surface area contributed by atoms with Crippen LogP contribution in [0.4, 0.5) is 35.0 Å². The predicted molar refractivity (Wildman–Crippen MR) is 106 cm³/mol. The van der Waals surface area contributed by atoms with Crippen molar-refractivity contribution in [2.75, 3.05) is 55.9 Å². The van der Waals surface area contributed by atoms with E-state index in [2.05, 4.69) is 17.7 Å². The van der Waals surface area contributed by atoms with E-state index in [0.29, 0.717) is 30.2 Å². The van der Waals surface area contributed by atoms with Gasteiger partial charge in [0, 0.05) is 11.8 Å². The second-order valence-corrected chi connectivity index (χ2v) is 6.98. The molecule has 0 unspecified atom stereocenters. The summed E-state index contributed by atoms with van der Waals surface area (Å²) in [6.07, 6.45) is -4.50. The first-order valence-electron chi connectivity index (χ1n) is 9.26. The molecule has 9 heteroatoms. The Kier molecular flexibility index (Phi) is 6.17. The molecule has 6 nitrogen and oxygen atoms in total. The van der Waals surface area contributed by atoms with E-state index in [0.717, 1.165) is 25.2 Å². The Morgan fingerprint density at radius 3 is 2.48 bits per heavy atom. The van der Waals surface area contributed by atoms with Gasteiger partial charge >= 0.3 is 12.2 Å². The molecule has 1 aliphatic rings. The zero-order valence-corrected chi connectivity index (χ0v) is 16.3. The van der Waals surface area contributed by atoms with Gasteiger partial charge in [0.05, 0.1) is 57.3 Å². The quantitative estimate of drug-likeness (QED) is 0.728. The van der Waals surface area contributed by atoms with Crippen LogP contribution >= 0.6 is 0 Å². The van der Waals surface area contributed by atoms with Gasteiger partial charge in [-0.2, -0.15) is 13.2 Å². The van der Waals surface area contributed by atoms with Crippen LogP contribution in [0.5, 0.6) is 5.75 Å². The first-order chi connectivity index (χ1) is 13.8. The summed E-state index contributed by atoms with van der Waals surface area (Å²) in [5.74, 6) is 0.558. The maximum absolute atomic E-state index is 13.2. The number of quaternary nitrogens is 1. The molecule has 0 bridgehead atoms. The minimum atomic E-state index is -4.50. The van der Waals surface area contributed by atoms with Gasteiger partial charge in [0.2, 0.25) is 0 Å². The number of nitrogens with one attached hydrogen (secondary N) is 3. The third-order valence-corrected chi connectivity index (χ3v) is 4.86. The van der Waals surface area contributed by atoms with Crippen molar-refractivity contribution in [3.8, 4) is 5.75 Å². The average molecular weight is 409 g/mol. The van der Waals surface area contributed by atoms with Gasteiger partial charge in [-0.25, -0.2) is 4.79 Å². The number of carbonyl (C=O) groups excluding carboxylic acids is 1. The number of hydrogen-bond donors (Lipinski definition) is 3. The number of halogens is 3. The van der Waals surface area contributed by atoms with Crippen LogP contribution in [-0.2, 0) is 6.18 Å². The van der Waals surface area contributed by atoms with Crippen LogP contribution in [0.3, 0.4) is 0 Å². The summed E-state index contributed by atoms with van der Waals surface area (Å²) in [5, 5.41) is 5.20. The fourth-order valence-electron chi connectivity index (χ4n) is 3.20. The fraction of sp³-hybridized carbons (Fsp3) is 0.350. The lowest BCUT2D eigenvalue weighted by atomic mass is 10.1. The molecule has 2 aromatic carbocycles. The standard InChI is InChI=1S/C20H23F3N4O2/c1-26-8-10-27(11-9-26)18-7-6-14(20(21,22)23)12-17(18)25-19(28)24-15-4-3-5-16(13-15)29-2/h3-7,12-13H,8-11H2,1-2H3,(H2,24,25,28)/p+1. The van der Waals surface area contributed by atoms with Crippen LogP contribution in [0.2, 0.25) is 0 Å². The maximum atomic E-state index is 13.2. The van der Waals surface area contributed by atoms with Gasteiger partial charge in [0.15, 0.2) is 0 Å². The summed E-state index contributed by atoms with van der Waals surface area (Å²) in [7, 11) is 3.58. The highest BCUT2D eigenvalue weighted by Crippen LogP contribution is 2.35. The van der Waals surface area contributed by atoms with Crippen molar-refractivity contribution < 1.29 is 27.6 Å². The Bertz CT molecular complexity index is 865. The predicted octanol–water partition coefficient (Wildman–Crippen LogP) is 2.69. The first-order valence-corrected chi connectivity index (χ1v) is 9.26.